The molecule has 0 saturated carbocycles. The van der Waals surface area contributed by atoms with Crippen LogP contribution < -0.4 is 5.32 Å². The smallest absolute Gasteiger partial charge is 0.0991 e. The van der Waals surface area contributed by atoms with Crippen molar-refractivity contribution in [2.75, 3.05) is 25.5 Å². The van der Waals surface area contributed by atoms with E-state index in [4.69, 9.17) is 5.26 Å². The number of nitrogens with zero attached hydrogens (tertiary/aromatic N) is 2. The second-order valence-corrected chi connectivity index (χ2v) is 4.90. The van der Waals surface area contributed by atoms with Gasteiger partial charge in [0, 0.05) is 18.3 Å². The molecule has 0 bridgehead atoms. The molecule has 0 heterocycles. The maximum Gasteiger partial charge on any atom is 0.0991 e. The molecule has 0 aromatic heterocycles. The largest absolute Gasteiger partial charge is 0.385 e. The number of nitrogens with one attached hydrogen (secondary N) is 1. The quantitative estimate of drug-likeness (QED) is 0.750. The van der Waals surface area contributed by atoms with Crippen LogP contribution in [0.1, 0.15) is 32.3 Å². The molecule has 0 fully saturated rings. The fourth-order valence-electron chi connectivity index (χ4n) is 1.64. The maximum absolute atomic E-state index is 8.70. The lowest BCUT2D eigenvalue weighted by molar-refractivity contribution is 0.269. The Hall–Kier alpha value is -1.53. The normalized spacial score (nSPS) is 10.7. The van der Waals surface area contributed by atoms with Crippen molar-refractivity contribution in [1.82, 2.24) is 4.90 Å². The average molecular weight is 245 g/mol. The van der Waals surface area contributed by atoms with Gasteiger partial charge in [0.1, 0.15) is 0 Å². The van der Waals surface area contributed by atoms with Crippen molar-refractivity contribution in [3.05, 3.63) is 29.8 Å². The first-order valence-corrected chi connectivity index (χ1v) is 6.57. The number of unbranched alkanes of at least 4 members (excludes halogenated alkanes) is 1. The Kier molecular flexibility index (Phi) is 6.24. The van der Waals surface area contributed by atoms with Crippen LogP contribution in [0.2, 0.25) is 0 Å². The number of hydrogen-bond donors (Lipinski definition) is 1. The van der Waals surface area contributed by atoms with Gasteiger partial charge in [0.15, 0.2) is 0 Å². The molecule has 1 aromatic rings. The SMILES string of the molecule is CC(C)N(C)CCCCNc1ccc(C#N)cc1. The molecule has 1 aromatic carbocycles. The highest BCUT2D eigenvalue weighted by Crippen LogP contribution is 2.09. The summed E-state index contributed by atoms with van der Waals surface area (Å²) in [5.74, 6) is 0. The van der Waals surface area contributed by atoms with Crippen molar-refractivity contribution in [2.24, 2.45) is 0 Å². The van der Waals surface area contributed by atoms with Crippen molar-refractivity contribution in [1.29, 1.82) is 5.26 Å². The van der Waals surface area contributed by atoms with E-state index in [0.717, 1.165) is 25.2 Å². The molecule has 1 N–H and O–H groups in total. The van der Waals surface area contributed by atoms with E-state index in [1.165, 1.54) is 6.42 Å². The van der Waals surface area contributed by atoms with Gasteiger partial charge in [-0.05, 0) is 64.5 Å². The molecule has 3 heteroatoms. The zero-order chi connectivity index (χ0) is 13.4. The lowest BCUT2D eigenvalue weighted by atomic mass is 10.2. The molecule has 98 valence electrons. The third-order valence-corrected chi connectivity index (χ3v) is 3.16. The molecular formula is C15H23N3. The second kappa shape index (κ2) is 7.73. The molecule has 0 aliphatic rings. The van der Waals surface area contributed by atoms with E-state index in [1.807, 2.05) is 24.3 Å². The van der Waals surface area contributed by atoms with E-state index in [-0.39, 0.29) is 0 Å². The highest BCUT2D eigenvalue weighted by Gasteiger charge is 2.01. The van der Waals surface area contributed by atoms with Crippen LogP contribution in [0.15, 0.2) is 24.3 Å². The van der Waals surface area contributed by atoms with Gasteiger partial charge in [-0.2, -0.15) is 5.26 Å². The zero-order valence-electron chi connectivity index (χ0n) is 11.6. The van der Waals surface area contributed by atoms with E-state index in [1.54, 1.807) is 0 Å². The summed E-state index contributed by atoms with van der Waals surface area (Å²) in [6.45, 7) is 6.56. The minimum absolute atomic E-state index is 0.622. The van der Waals surface area contributed by atoms with Crippen LogP contribution in [-0.4, -0.2) is 31.1 Å². The Balaban J connectivity index is 2.16. The molecule has 0 aliphatic carbocycles. The molecule has 0 amide bonds. The summed E-state index contributed by atoms with van der Waals surface area (Å²) in [4.78, 5) is 2.36. The van der Waals surface area contributed by atoms with Crippen molar-refractivity contribution >= 4 is 5.69 Å². The molecule has 0 saturated heterocycles. The number of rotatable bonds is 7. The highest BCUT2D eigenvalue weighted by atomic mass is 15.1. The van der Waals surface area contributed by atoms with Gasteiger partial charge >= 0.3 is 0 Å². The Bertz CT molecular complexity index is 376. The van der Waals surface area contributed by atoms with Crippen molar-refractivity contribution < 1.29 is 0 Å². The summed E-state index contributed by atoms with van der Waals surface area (Å²) in [5.41, 5.74) is 1.80. The average Bonchev–Trinajstić information content (AvgIpc) is 2.38. The van der Waals surface area contributed by atoms with E-state index in [0.29, 0.717) is 11.6 Å². The summed E-state index contributed by atoms with van der Waals surface area (Å²) in [5, 5.41) is 12.1. The summed E-state index contributed by atoms with van der Waals surface area (Å²) in [7, 11) is 2.17. The first-order valence-electron chi connectivity index (χ1n) is 6.57. The Morgan fingerprint density at radius 2 is 1.89 bits per heavy atom. The maximum atomic E-state index is 8.70. The van der Waals surface area contributed by atoms with Crippen molar-refractivity contribution in [3.8, 4) is 6.07 Å². The van der Waals surface area contributed by atoms with E-state index < -0.39 is 0 Å². The molecule has 0 radical (unpaired) electrons. The number of hydrogen-bond acceptors (Lipinski definition) is 3. The molecule has 0 spiro atoms. The van der Waals surface area contributed by atoms with Gasteiger partial charge in [-0.25, -0.2) is 0 Å². The number of benzene rings is 1. The van der Waals surface area contributed by atoms with Crippen LogP contribution in [0.4, 0.5) is 5.69 Å². The summed E-state index contributed by atoms with van der Waals surface area (Å²) in [6, 6.07) is 10.3. The highest BCUT2D eigenvalue weighted by molar-refractivity contribution is 5.46. The van der Waals surface area contributed by atoms with Crippen LogP contribution in [0.5, 0.6) is 0 Å². The van der Waals surface area contributed by atoms with Crippen molar-refractivity contribution in [2.45, 2.75) is 32.7 Å². The topological polar surface area (TPSA) is 39.1 Å². The third kappa shape index (κ3) is 5.20. The molecule has 0 atom stereocenters. The number of anilines is 1. The van der Waals surface area contributed by atoms with Gasteiger partial charge in [0.25, 0.3) is 0 Å². The summed E-state index contributed by atoms with van der Waals surface area (Å²) in [6.07, 6.45) is 2.37. The molecule has 18 heavy (non-hydrogen) atoms. The van der Waals surface area contributed by atoms with Gasteiger partial charge < -0.3 is 10.2 Å². The van der Waals surface area contributed by atoms with E-state index >= 15 is 0 Å². The Morgan fingerprint density at radius 3 is 2.44 bits per heavy atom. The number of nitriles is 1. The zero-order valence-corrected chi connectivity index (χ0v) is 11.6. The molecule has 3 nitrogen and oxygen atoms in total. The van der Waals surface area contributed by atoms with Crippen LogP contribution in [0.25, 0.3) is 0 Å². The lowest BCUT2D eigenvalue weighted by Gasteiger charge is -2.20. The molecule has 0 unspecified atom stereocenters. The van der Waals surface area contributed by atoms with E-state index in [9.17, 15) is 0 Å². The lowest BCUT2D eigenvalue weighted by Crippen LogP contribution is -2.27. The molecule has 0 aliphatic heterocycles. The van der Waals surface area contributed by atoms with Gasteiger partial charge in [-0.3, -0.25) is 0 Å². The Labute approximate surface area is 110 Å². The summed E-state index contributed by atoms with van der Waals surface area (Å²) < 4.78 is 0. The fourth-order valence-corrected chi connectivity index (χ4v) is 1.64. The minimum Gasteiger partial charge on any atom is -0.385 e. The standard InChI is InChI=1S/C15H23N3/c1-13(2)18(3)11-5-4-10-17-15-8-6-14(12-16)7-9-15/h6-9,13,17H,4-5,10-11H2,1-3H3. The van der Waals surface area contributed by atoms with Crippen LogP contribution in [0, 0.1) is 11.3 Å². The first-order chi connectivity index (χ1) is 8.63. The van der Waals surface area contributed by atoms with Crippen molar-refractivity contribution in [3.63, 3.8) is 0 Å². The van der Waals surface area contributed by atoms with Gasteiger partial charge in [0.05, 0.1) is 11.6 Å². The minimum atomic E-state index is 0.622. The first kappa shape index (κ1) is 14.5. The second-order valence-electron chi connectivity index (χ2n) is 4.90. The predicted molar refractivity (Wildman–Crippen MR) is 76.6 cm³/mol. The molecule has 1 rings (SSSR count). The van der Waals surface area contributed by atoms with Crippen LogP contribution in [-0.2, 0) is 0 Å². The van der Waals surface area contributed by atoms with Crippen LogP contribution >= 0.6 is 0 Å². The van der Waals surface area contributed by atoms with Gasteiger partial charge in [-0.1, -0.05) is 0 Å². The summed E-state index contributed by atoms with van der Waals surface area (Å²) >= 11 is 0. The fraction of sp³-hybridized carbons (Fsp3) is 0.533. The Morgan fingerprint density at radius 1 is 1.22 bits per heavy atom. The van der Waals surface area contributed by atoms with Gasteiger partial charge in [0.2, 0.25) is 0 Å². The van der Waals surface area contributed by atoms with Gasteiger partial charge in [-0.15, -0.1) is 0 Å². The predicted octanol–water partition coefficient (Wildman–Crippen LogP) is 3.09. The third-order valence-electron chi connectivity index (χ3n) is 3.16. The molecular weight excluding hydrogens is 222 g/mol. The monoisotopic (exact) mass is 245 g/mol. The van der Waals surface area contributed by atoms with Crippen LogP contribution in [0.3, 0.4) is 0 Å². The van der Waals surface area contributed by atoms with E-state index in [2.05, 4.69) is 37.2 Å².